The lowest BCUT2D eigenvalue weighted by Gasteiger charge is -2.22. The average Bonchev–Trinajstić information content (AvgIpc) is 2.71. The van der Waals surface area contributed by atoms with E-state index in [0.717, 1.165) is 36.1 Å². The summed E-state index contributed by atoms with van der Waals surface area (Å²) >= 11 is 3.43. The number of carbonyl (C=O) groups excluding carboxylic acids is 1. The summed E-state index contributed by atoms with van der Waals surface area (Å²) < 4.78 is 2.63. The third-order valence-corrected chi connectivity index (χ3v) is 3.76. The van der Waals surface area contributed by atoms with Crippen molar-refractivity contribution < 1.29 is 4.79 Å². The van der Waals surface area contributed by atoms with Crippen molar-refractivity contribution in [1.29, 1.82) is 0 Å². The van der Waals surface area contributed by atoms with E-state index in [1.54, 1.807) is 6.20 Å². The van der Waals surface area contributed by atoms with Gasteiger partial charge in [-0.25, -0.2) is 0 Å². The highest BCUT2D eigenvalue weighted by Gasteiger charge is 2.27. The minimum atomic E-state index is 0.141. The maximum absolute atomic E-state index is 12.5. The Balaban J connectivity index is 2.26. The van der Waals surface area contributed by atoms with Crippen LogP contribution in [0.15, 0.2) is 10.7 Å². The molecule has 1 N–H and O–H groups in total. The normalized spacial score (nSPS) is 17.6. The fourth-order valence-corrected chi connectivity index (χ4v) is 2.71. The van der Waals surface area contributed by atoms with Gasteiger partial charge in [0.05, 0.1) is 10.7 Å². The molecule has 0 saturated carbocycles. The zero-order valence-electron chi connectivity index (χ0n) is 10.2. The molecule has 94 valence electrons. The van der Waals surface area contributed by atoms with E-state index in [0.29, 0.717) is 0 Å². The van der Waals surface area contributed by atoms with Crippen LogP contribution in [0.5, 0.6) is 0 Å². The number of aromatic nitrogens is 2. The molecular formula is C12H18BrN3O. The van der Waals surface area contributed by atoms with Crippen LogP contribution in [0.4, 0.5) is 0 Å². The summed E-state index contributed by atoms with van der Waals surface area (Å²) in [6.45, 7) is 5.95. The van der Waals surface area contributed by atoms with E-state index in [1.165, 1.54) is 0 Å². The van der Waals surface area contributed by atoms with Crippen LogP contribution >= 0.6 is 15.9 Å². The van der Waals surface area contributed by atoms with E-state index < -0.39 is 0 Å². The van der Waals surface area contributed by atoms with Gasteiger partial charge >= 0.3 is 0 Å². The van der Waals surface area contributed by atoms with Crippen molar-refractivity contribution in [3.63, 3.8) is 0 Å². The van der Waals surface area contributed by atoms with Crippen LogP contribution in [-0.4, -0.2) is 28.7 Å². The number of piperidine rings is 1. The third kappa shape index (κ3) is 2.60. The molecular weight excluding hydrogens is 282 g/mol. The fraction of sp³-hybridized carbons (Fsp3) is 0.667. The molecule has 0 bridgehead atoms. The van der Waals surface area contributed by atoms with Gasteiger partial charge in [-0.15, -0.1) is 0 Å². The third-order valence-electron chi connectivity index (χ3n) is 3.18. The molecule has 4 nitrogen and oxygen atoms in total. The Labute approximate surface area is 110 Å². The molecule has 0 amide bonds. The first-order valence-electron chi connectivity index (χ1n) is 6.09. The molecule has 2 heterocycles. The average molecular weight is 300 g/mol. The van der Waals surface area contributed by atoms with Gasteiger partial charge < -0.3 is 5.32 Å². The van der Waals surface area contributed by atoms with Gasteiger partial charge in [0.1, 0.15) is 5.69 Å². The van der Waals surface area contributed by atoms with Crippen molar-refractivity contribution in [3.8, 4) is 0 Å². The molecule has 0 aromatic carbocycles. The monoisotopic (exact) mass is 299 g/mol. The van der Waals surface area contributed by atoms with Crippen LogP contribution in [-0.2, 0) is 0 Å². The summed E-state index contributed by atoms with van der Waals surface area (Å²) in [7, 11) is 0. The molecule has 0 radical (unpaired) electrons. The standard InChI is InChI=1S/C12H18BrN3O/c1-8(2)16-11(10(13)7-15-16)12(17)9-3-5-14-6-4-9/h7-9,14H,3-6H2,1-2H3. The Morgan fingerprint density at radius 3 is 2.76 bits per heavy atom. The maximum Gasteiger partial charge on any atom is 0.185 e. The molecule has 1 fully saturated rings. The van der Waals surface area contributed by atoms with E-state index in [1.807, 2.05) is 18.5 Å². The number of ketones is 1. The van der Waals surface area contributed by atoms with E-state index in [9.17, 15) is 4.79 Å². The molecule has 0 atom stereocenters. The lowest BCUT2D eigenvalue weighted by molar-refractivity contribution is 0.0881. The van der Waals surface area contributed by atoms with Crippen LogP contribution in [0.1, 0.15) is 43.2 Å². The first kappa shape index (κ1) is 12.8. The number of rotatable bonds is 3. The number of hydrogen-bond acceptors (Lipinski definition) is 3. The summed E-state index contributed by atoms with van der Waals surface area (Å²) in [5, 5.41) is 7.54. The van der Waals surface area contributed by atoms with Crippen molar-refractivity contribution in [2.24, 2.45) is 5.92 Å². The second kappa shape index (κ2) is 5.31. The van der Waals surface area contributed by atoms with Gasteiger partial charge in [-0.1, -0.05) is 0 Å². The van der Waals surface area contributed by atoms with Crippen molar-refractivity contribution in [2.45, 2.75) is 32.7 Å². The summed E-state index contributed by atoms with van der Waals surface area (Å²) in [6, 6.07) is 0.210. The maximum atomic E-state index is 12.5. The number of nitrogens with zero attached hydrogens (tertiary/aromatic N) is 2. The quantitative estimate of drug-likeness (QED) is 0.872. The van der Waals surface area contributed by atoms with Gasteiger partial charge in [0, 0.05) is 12.0 Å². The smallest absolute Gasteiger partial charge is 0.185 e. The molecule has 1 aromatic rings. The highest BCUT2D eigenvalue weighted by atomic mass is 79.9. The van der Waals surface area contributed by atoms with Gasteiger partial charge in [-0.3, -0.25) is 9.48 Å². The molecule has 0 unspecified atom stereocenters. The number of halogens is 1. The number of Topliss-reactive ketones (excluding diaryl/α,β-unsaturated/α-hetero) is 1. The summed E-state index contributed by atoms with van der Waals surface area (Å²) in [5.74, 6) is 0.367. The largest absolute Gasteiger partial charge is 0.317 e. The van der Waals surface area contributed by atoms with Crippen LogP contribution in [0.25, 0.3) is 0 Å². The Morgan fingerprint density at radius 1 is 1.53 bits per heavy atom. The molecule has 0 spiro atoms. The van der Waals surface area contributed by atoms with Gasteiger partial charge in [-0.2, -0.15) is 5.10 Å². The fourth-order valence-electron chi connectivity index (χ4n) is 2.24. The Bertz CT molecular complexity index is 408. The molecule has 1 aliphatic rings. The molecule has 1 saturated heterocycles. The van der Waals surface area contributed by atoms with Gasteiger partial charge in [0.15, 0.2) is 5.78 Å². The Hall–Kier alpha value is -0.680. The zero-order valence-corrected chi connectivity index (χ0v) is 11.8. The second-order valence-corrected chi connectivity index (χ2v) is 5.62. The summed E-state index contributed by atoms with van der Waals surface area (Å²) in [5.41, 5.74) is 0.729. The minimum absolute atomic E-state index is 0.141. The first-order chi connectivity index (χ1) is 8.11. The predicted molar refractivity (Wildman–Crippen MR) is 70.2 cm³/mol. The van der Waals surface area contributed by atoms with Crippen molar-refractivity contribution in [2.75, 3.05) is 13.1 Å². The Kier molecular flexibility index (Phi) is 3.99. The van der Waals surface area contributed by atoms with E-state index in [4.69, 9.17) is 0 Å². The molecule has 5 heteroatoms. The van der Waals surface area contributed by atoms with E-state index in [2.05, 4.69) is 26.3 Å². The van der Waals surface area contributed by atoms with Gasteiger partial charge in [-0.05, 0) is 55.7 Å². The summed E-state index contributed by atoms with van der Waals surface area (Å²) in [6.07, 6.45) is 3.57. The topological polar surface area (TPSA) is 46.9 Å². The highest BCUT2D eigenvalue weighted by molar-refractivity contribution is 9.10. The van der Waals surface area contributed by atoms with Gasteiger partial charge in [0.25, 0.3) is 0 Å². The lowest BCUT2D eigenvalue weighted by Crippen LogP contribution is -2.33. The number of hydrogen-bond donors (Lipinski definition) is 1. The SMILES string of the molecule is CC(C)n1ncc(Br)c1C(=O)C1CCNCC1. The van der Waals surface area contributed by atoms with Gasteiger partial charge in [0.2, 0.25) is 0 Å². The van der Waals surface area contributed by atoms with Crippen LogP contribution < -0.4 is 5.32 Å². The first-order valence-corrected chi connectivity index (χ1v) is 6.88. The van der Waals surface area contributed by atoms with Crippen molar-refractivity contribution in [1.82, 2.24) is 15.1 Å². The molecule has 0 aliphatic carbocycles. The molecule has 2 rings (SSSR count). The number of nitrogens with one attached hydrogen (secondary N) is 1. The summed E-state index contributed by atoms with van der Waals surface area (Å²) in [4.78, 5) is 12.5. The molecule has 17 heavy (non-hydrogen) atoms. The lowest BCUT2D eigenvalue weighted by atomic mass is 9.92. The minimum Gasteiger partial charge on any atom is -0.317 e. The van der Waals surface area contributed by atoms with Crippen LogP contribution in [0, 0.1) is 5.92 Å². The predicted octanol–water partition coefficient (Wildman–Crippen LogP) is 2.41. The van der Waals surface area contributed by atoms with Crippen LogP contribution in [0.3, 0.4) is 0 Å². The molecule has 1 aromatic heterocycles. The second-order valence-electron chi connectivity index (χ2n) is 4.77. The Morgan fingerprint density at radius 2 is 2.18 bits per heavy atom. The van der Waals surface area contributed by atoms with Crippen LogP contribution in [0.2, 0.25) is 0 Å². The zero-order chi connectivity index (χ0) is 12.4. The van der Waals surface area contributed by atoms with E-state index in [-0.39, 0.29) is 17.7 Å². The van der Waals surface area contributed by atoms with E-state index >= 15 is 0 Å². The highest BCUT2D eigenvalue weighted by Crippen LogP contribution is 2.25. The van der Waals surface area contributed by atoms with Crippen molar-refractivity contribution in [3.05, 3.63) is 16.4 Å². The number of carbonyl (C=O) groups is 1. The van der Waals surface area contributed by atoms with Crippen molar-refractivity contribution >= 4 is 21.7 Å². The molecule has 1 aliphatic heterocycles.